The highest BCUT2D eigenvalue weighted by Gasteiger charge is 2.22. The molecule has 0 heterocycles. The van der Waals surface area contributed by atoms with E-state index in [2.05, 4.69) is 13.8 Å². The monoisotopic (exact) mass is 385 g/mol. The van der Waals surface area contributed by atoms with Gasteiger partial charge in [-0.3, -0.25) is 4.79 Å². The van der Waals surface area contributed by atoms with Gasteiger partial charge in [-0.05, 0) is 12.3 Å². The van der Waals surface area contributed by atoms with Crippen molar-refractivity contribution in [2.24, 2.45) is 5.92 Å². The van der Waals surface area contributed by atoms with Crippen molar-refractivity contribution in [1.82, 2.24) is 0 Å². The SMILES string of the molecule is CCCCCCCCCCC(C)CCC(=O)OC(CC(=O)[O-])C[N+](C)(C)C. The number of rotatable bonds is 17. The smallest absolute Gasteiger partial charge is 0.306 e. The van der Waals surface area contributed by atoms with E-state index in [1.54, 1.807) is 0 Å². The van der Waals surface area contributed by atoms with Crippen molar-refractivity contribution in [2.75, 3.05) is 27.7 Å². The number of unbranched alkanes of at least 4 members (excludes halogenated alkanes) is 7. The van der Waals surface area contributed by atoms with Crippen LogP contribution < -0.4 is 5.11 Å². The van der Waals surface area contributed by atoms with Crippen LogP contribution in [0.1, 0.15) is 90.9 Å². The first kappa shape index (κ1) is 25.9. The third-order valence-corrected chi connectivity index (χ3v) is 4.84. The molecule has 0 N–H and O–H groups in total. The third-order valence-electron chi connectivity index (χ3n) is 4.84. The van der Waals surface area contributed by atoms with Crippen molar-refractivity contribution >= 4 is 11.9 Å². The van der Waals surface area contributed by atoms with Gasteiger partial charge in [0.2, 0.25) is 0 Å². The Balaban J connectivity index is 3.91. The first-order valence-corrected chi connectivity index (χ1v) is 10.8. The molecule has 160 valence electrons. The molecule has 0 fully saturated rings. The molecule has 0 rings (SSSR count). The van der Waals surface area contributed by atoms with Gasteiger partial charge in [0, 0.05) is 18.8 Å². The van der Waals surface area contributed by atoms with Gasteiger partial charge in [0.1, 0.15) is 6.54 Å². The van der Waals surface area contributed by atoms with Gasteiger partial charge < -0.3 is 19.1 Å². The molecule has 0 saturated carbocycles. The number of quaternary nitrogens is 1. The Labute approximate surface area is 167 Å². The molecule has 0 aromatic carbocycles. The van der Waals surface area contributed by atoms with Crippen LogP contribution in [0.4, 0.5) is 0 Å². The second-order valence-electron chi connectivity index (χ2n) is 9.07. The fourth-order valence-corrected chi connectivity index (χ4v) is 3.32. The van der Waals surface area contributed by atoms with Crippen molar-refractivity contribution in [3.05, 3.63) is 0 Å². The lowest BCUT2D eigenvalue weighted by atomic mass is 9.97. The molecule has 0 bridgehead atoms. The molecule has 5 nitrogen and oxygen atoms in total. The van der Waals surface area contributed by atoms with Gasteiger partial charge >= 0.3 is 5.97 Å². The van der Waals surface area contributed by atoms with E-state index in [9.17, 15) is 14.7 Å². The molecule has 27 heavy (non-hydrogen) atoms. The van der Waals surface area contributed by atoms with Gasteiger partial charge in [0.05, 0.1) is 21.1 Å². The Bertz CT molecular complexity index is 404. The van der Waals surface area contributed by atoms with Crippen LogP contribution >= 0.6 is 0 Å². The second kappa shape index (κ2) is 14.9. The molecule has 0 aromatic rings. The Morgan fingerprint density at radius 2 is 1.48 bits per heavy atom. The predicted molar refractivity (Wildman–Crippen MR) is 108 cm³/mol. The number of carboxylic acid groups (broad SMARTS) is 1. The van der Waals surface area contributed by atoms with Crippen molar-refractivity contribution in [2.45, 2.75) is 97.0 Å². The number of carbonyl (C=O) groups excluding carboxylic acids is 2. The number of carbonyl (C=O) groups is 2. The van der Waals surface area contributed by atoms with Crippen molar-refractivity contribution in [1.29, 1.82) is 0 Å². The van der Waals surface area contributed by atoms with E-state index in [1.807, 2.05) is 21.1 Å². The predicted octanol–water partition coefficient (Wildman–Crippen LogP) is 3.69. The number of ether oxygens (including phenoxy) is 1. The largest absolute Gasteiger partial charge is 0.550 e. The van der Waals surface area contributed by atoms with E-state index in [1.165, 1.54) is 51.4 Å². The summed E-state index contributed by atoms with van der Waals surface area (Å²) in [5.41, 5.74) is 0. The number of likely N-dealkylation sites (N-methyl/N-ethyl adjacent to an activating group) is 1. The molecular formula is C22H43NO4. The lowest BCUT2D eigenvalue weighted by Crippen LogP contribution is -2.45. The van der Waals surface area contributed by atoms with Crippen molar-refractivity contribution in [3.63, 3.8) is 0 Å². The molecule has 5 heteroatoms. The zero-order valence-corrected chi connectivity index (χ0v) is 18.4. The lowest BCUT2D eigenvalue weighted by molar-refractivity contribution is -0.873. The summed E-state index contributed by atoms with van der Waals surface area (Å²) in [5, 5.41) is 10.9. The maximum atomic E-state index is 12.1. The lowest BCUT2D eigenvalue weighted by Gasteiger charge is -2.29. The summed E-state index contributed by atoms with van der Waals surface area (Å²) in [4.78, 5) is 23.0. The quantitative estimate of drug-likeness (QED) is 0.218. The number of hydrogen-bond acceptors (Lipinski definition) is 4. The first-order valence-electron chi connectivity index (χ1n) is 10.8. The number of hydrogen-bond donors (Lipinski definition) is 0. The summed E-state index contributed by atoms with van der Waals surface area (Å²) >= 11 is 0. The zero-order valence-electron chi connectivity index (χ0n) is 18.4. The second-order valence-corrected chi connectivity index (χ2v) is 9.07. The highest BCUT2D eigenvalue weighted by atomic mass is 16.5. The summed E-state index contributed by atoms with van der Waals surface area (Å²) in [7, 11) is 5.84. The molecule has 0 aromatic heterocycles. The minimum atomic E-state index is -1.18. The van der Waals surface area contributed by atoms with E-state index in [4.69, 9.17) is 4.74 Å². The summed E-state index contributed by atoms with van der Waals surface area (Å²) in [6.07, 6.45) is 12.0. The molecule has 0 amide bonds. The van der Waals surface area contributed by atoms with Gasteiger partial charge in [-0.15, -0.1) is 0 Å². The van der Waals surface area contributed by atoms with Gasteiger partial charge in [-0.1, -0.05) is 71.6 Å². The van der Waals surface area contributed by atoms with E-state index >= 15 is 0 Å². The summed E-state index contributed by atoms with van der Waals surface area (Å²) in [5.74, 6) is -0.975. The number of nitrogens with zero attached hydrogens (tertiary/aromatic N) is 1. The third kappa shape index (κ3) is 18.0. The van der Waals surface area contributed by atoms with Crippen LogP contribution in [0.5, 0.6) is 0 Å². The maximum Gasteiger partial charge on any atom is 0.306 e. The number of aliphatic carboxylic acids is 1. The molecule has 0 spiro atoms. The Hall–Kier alpha value is -1.10. The van der Waals surface area contributed by atoms with Crippen LogP contribution in [0, 0.1) is 5.92 Å². The molecule has 0 aliphatic heterocycles. The van der Waals surface area contributed by atoms with E-state index in [0.717, 1.165) is 12.8 Å². The van der Waals surface area contributed by atoms with Crippen LogP contribution in [0.3, 0.4) is 0 Å². The molecule has 0 radical (unpaired) electrons. The Kier molecular flexibility index (Phi) is 14.3. The van der Waals surface area contributed by atoms with Gasteiger partial charge in [-0.25, -0.2) is 0 Å². The highest BCUT2D eigenvalue weighted by molar-refractivity contribution is 5.70. The van der Waals surface area contributed by atoms with Crippen molar-refractivity contribution in [3.8, 4) is 0 Å². The molecular weight excluding hydrogens is 342 g/mol. The topological polar surface area (TPSA) is 66.4 Å². The Morgan fingerprint density at radius 3 is 2.00 bits per heavy atom. The van der Waals surface area contributed by atoms with Crippen molar-refractivity contribution < 1.29 is 23.9 Å². The van der Waals surface area contributed by atoms with Gasteiger partial charge in [-0.2, -0.15) is 0 Å². The van der Waals surface area contributed by atoms with Crippen LogP contribution in [-0.4, -0.2) is 50.2 Å². The van der Waals surface area contributed by atoms with E-state index in [-0.39, 0.29) is 12.4 Å². The standard InChI is InChI=1S/C22H43NO4/c1-6-7-8-9-10-11-12-13-14-19(2)15-16-22(26)27-20(17-21(24)25)18-23(3,4)5/h19-20H,6-18H2,1-5H3. The number of carboxylic acids is 1. The normalized spacial score (nSPS) is 14.0. The molecule has 0 aliphatic rings. The average molecular weight is 386 g/mol. The molecule has 0 saturated heterocycles. The average Bonchev–Trinajstić information content (AvgIpc) is 2.53. The maximum absolute atomic E-state index is 12.1. The summed E-state index contributed by atoms with van der Waals surface area (Å²) in [6, 6.07) is 0. The molecule has 2 unspecified atom stereocenters. The van der Waals surface area contributed by atoms with E-state index < -0.39 is 12.1 Å². The Morgan fingerprint density at radius 1 is 0.926 bits per heavy atom. The van der Waals surface area contributed by atoms with Gasteiger partial charge in [0.15, 0.2) is 6.10 Å². The molecule has 2 atom stereocenters. The van der Waals surface area contributed by atoms with Crippen LogP contribution in [0.2, 0.25) is 0 Å². The fraction of sp³-hybridized carbons (Fsp3) is 0.909. The number of esters is 1. The van der Waals surface area contributed by atoms with E-state index in [0.29, 0.717) is 23.4 Å². The highest BCUT2D eigenvalue weighted by Crippen LogP contribution is 2.17. The van der Waals surface area contributed by atoms with Crippen LogP contribution in [0.15, 0.2) is 0 Å². The molecule has 0 aliphatic carbocycles. The minimum Gasteiger partial charge on any atom is -0.550 e. The first-order chi connectivity index (χ1) is 12.6. The van der Waals surface area contributed by atoms with Gasteiger partial charge in [0.25, 0.3) is 0 Å². The van der Waals surface area contributed by atoms with Crippen LogP contribution in [0.25, 0.3) is 0 Å². The summed E-state index contributed by atoms with van der Waals surface area (Å²) < 4.78 is 5.94. The van der Waals surface area contributed by atoms with Crippen LogP contribution in [-0.2, 0) is 14.3 Å². The fourth-order valence-electron chi connectivity index (χ4n) is 3.32. The zero-order chi connectivity index (χ0) is 20.7. The summed E-state index contributed by atoms with van der Waals surface area (Å²) in [6.45, 7) is 4.89. The minimum absolute atomic E-state index is 0.241.